The van der Waals surface area contributed by atoms with Crippen molar-refractivity contribution >= 4 is 17.9 Å². The molecule has 2 aromatic carbocycles. The standard InChI is InChI=1S/C30H39N3O8/c1-30(2,3)41-29(37)33-18-23-15-24(40-19-38-4)10-9-22(23)16-25(33)26(34)17-31-27(35)20-5-7-21(8-6-20)28(36)32-11-13-39-14-12-32/h5-10,15,25-26,34H,11-14,16-19H2,1-4H3,(H,31,35)/t25?,26-/m1/s1. The molecule has 4 rings (SSSR count). The Hall–Kier alpha value is -3.67. The fraction of sp³-hybridized carbons (Fsp3) is 0.500. The van der Waals surface area contributed by atoms with Gasteiger partial charge in [-0.25, -0.2) is 4.79 Å². The maximum atomic E-state index is 13.2. The number of morpholine rings is 1. The number of amides is 3. The lowest BCUT2D eigenvalue weighted by Crippen LogP contribution is -2.54. The van der Waals surface area contributed by atoms with Gasteiger partial charge in [0.25, 0.3) is 11.8 Å². The Bertz CT molecular complexity index is 1220. The van der Waals surface area contributed by atoms with Gasteiger partial charge >= 0.3 is 6.09 Å². The molecule has 0 aromatic heterocycles. The number of hydrogen-bond acceptors (Lipinski definition) is 8. The molecule has 2 aliphatic rings. The van der Waals surface area contributed by atoms with Gasteiger partial charge in [0.15, 0.2) is 6.79 Å². The molecule has 3 amide bonds. The second kappa shape index (κ2) is 13.3. The highest BCUT2D eigenvalue weighted by Crippen LogP contribution is 2.30. The van der Waals surface area contributed by atoms with Crippen molar-refractivity contribution < 1.29 is 38.4 Å². The number of carbonyl (C=O) groups is 3. The van der Waals surface area contributed by atoms with E-state index < -0.39 is 29.7 Å². The predicted molar refractivity (Wildman–Crippen MR) is 150 cm³/mol. The summed E-state index contributed by atoms with van der Waals surface area (Å²) in [7, 11) is 1.54. The van der Waals surface area contributed by atoms with E-state index in [2.05, 4.69) is 5.32 Å². The zero-order valence-corrected chi connectivity index (χ0v) is 24.1. The highest BCUT2D eigenvalue weighted by atomic mass is 16.7. The molecule has 0 saturated carbocycles. The largest absolute Gasteiger partial charge is 0.468 e. The molecule has 222 valence electrons. The minimum absolute atomic E-state index is 0.0817. The summed E-state index contributed by atoms with van der Waals surface area (Å²) in [5.74, 6) is 0.112. The fourth-order valence-corrected chi connectivity index (χ4v) is 4.81. The Balaban J connectivity index is 1.42. The molecule has 1 fully saturated rings. The summed E-state index contributed by atoms with van der Waals surface area (Å²) in [5.41, 5.74) is 1.97. The highest BCUT2D eigenvalue weighted by Gasteiger charge is 2.37. The maximum absolute atomic E-state index is 13.2. The Labute approximate surface area is 240 Å². The lowest BCUT2D eigenvalue weighted by atomic mass is 9.91. The van der Waals surface area contributed by atoms with Crippen LogP contribution in [0.3, 0.4) is 0 Å². The smallest absolute Gasteiger partial charge is 0.410 e. The predicted octanol–water partition coefficient (Wildman–Crippen LogP) is 2.59. The minimum Gasteiger partial charge on any atom is -0.468 e. The number of rotatable bonds is 8. The molecule has 2 N–H and O–H groups in total. The quantitative estimate of drug-likeness (QED) is 0.465. The monoisotopic (exact) mass is 569 g/mol. The van der Waals surface area contributed by atoms with Crippen LogP contribution in [0.15, 0.2) is 42.5 Å². The number of carbonyl (C=O) groups excluding carboxylic acids is 3. The molecule has 2 heterocycles. The third kappa shape index (κ3) is 7.96. The van der Waals surface area contributed by atoms with Gasteiger partial charge in [0, 0.05) is 44.4 Å². The summed E-state index contributed by atoms with van der Waals surface area (Å²) >= 11 is 0. The van der Waals surface area contributed by atoms with Gasteiger partial charge in [0.1, 0.15) is 11.4 Å². The molecule has 11 heteroatoms. The van der Waals surface area contributed by atoms with Gasteiger partial charge in [-0.3, -0.25) is 14.5 Å². The number of nitrogens with zero attached hydrogens (tertiary/aromatic N) is 2. The summed E-state index contributed by atoms with van der Waals surface area (Å²) in [5, 5.41) is 13.9. The minimum atomic E-state index is -1.06. The molecular weight excluding hydrogens is 530 g/mol. The zero-order valence-electron chi connectivity index (χ0n) is 24.1. The molecule has 11 nitrogen and oxygen atoms in total. The van der Waals surface area contributed by atoms with Crippen LogP contribution in [0.25, 0.3) is 0 Å². The third-order valence-electron chi connectivity index (χ3n) is 6.93. The van der Waals surface area contributed by atoms with Crippen molar-refractivity contribution in [3.63, 3.8) is 0 Å². The third-order valence-corrected chi connectivity index (χ3v) is 6.93. The molecule has 0 radical (unpaired) electrons. The lowest BCUT2D eigenvalue weighted by Gasteiger charge is -2.40. The molecule has 1 unspecified atom stereocenters. The second-order valence-electron chi connectivity index (χ2n) is 11.1. The van der Waals surface area contributed by atoms with E-state index in [0.717, 1.165) is 11.1 Å². The molecule has 0 spiro atoms. The number of aliphatic hydroxyl groups excluding tert-OH is 1. The van der Waals surface area contributed by atoms with Crippen LogP contribution in [0.5, 0.6) is 5.75 Å². The molecule has 0 aliphatic carbocycles. The van der Waals surface area contributed by atoms with E-state index in [1.807, 2.05) is 18.2 Å². The Morgan fingerprint density at radius 2 is 1.73 bits per heavy atom. The summed E-state index contributed by atoms with van der Waals surface area (Å²) in [6, 6.07) is 11.4. The van der Waals surface area contributed by atoms with Gasteiger partial charge in [-0.05, 0) is 74.7 Å². The van der Waals surface area contributed by atoms with E-state index in [0.29, 0.717) is 49.6 Å². The topological polar surface area (TPSA) is 127 Å². The van der Waals surface area contributed by atoms with Crippen molar-refractivity contribution in [2.45, 2.75) is 51.5 Å². The van der Waals surface area contributed by atoms with Crippen LogP contribution < -0.4 is 10.1 Å². The number of fused-ring (bicyclic) bond motifs is 1. The van der Waals surface area contributed by atoms with Crippen LogP contribution in [0.2, 0.25) is 0 Å². The van der Waals surface area contributed by atoms with Crippen molar-refractivity contribution in [3.05, 3.63) is 64.7 Å². The van der Waals surface area contributed by atoms with Crippen molar-refractivity contribution in [3.8, 4) is 5.75 Å². The first-order valence-corrected chi connectivity index (χ1v) is 13.7. The van der Waals surface area contributed by atoms with Crippen LogP contribution in [0.4, 0.5) is 4.79 Å². The average molecular weight is 570 g/mol. The van der Waals surface area contributed by atoms with E-state index in [4.69, 9.17) is 18.9 Å². The first kappa shape index (κ1) is 30.3. The Morgan fingerprint density at radius 3 is 2.39 bits per heavy atom. The van der Waals surface area contributed by atoms with E-state index in [1.54, 1.807) is 49.9 Å². The second-order valence-corrected chi connectivity index (χ2v) is 11.1. The van der Waals surface area contributed by atoms with Crippen LogP contribution in [-0.4, -0.2) is 97.3 Å². The molecule has 2 atom stereocenters. The molecule has 2 aromatic rings. The van der Waals surface area contributed by atoms with E-state index in [1.165, 1.54) is 12.0 Å². The van der Waals surface area contributed by atoms with Gasteiger partial charge in [-0.1, -0.05) is 6.07 Å². The summed E-state index contributed by atoms with van der Waals surface area (Å²) in [4.78, 5) is 41.9. The van der Waals surface area contributed by atoms with Gasteiger partial charge in [-0.2, -0.15) is 0 Å². The highest BCUT2D eigenvalue weighted by molar-refractivity contribution is 5.97. The summed E-state index contributed by atoms with van der Waals surface area (Å²) in [6.45, 7) is 7.67. The van der Waals surface area contributed by atoms with Crippen LogP contribution in [-0.2, 0) is 27.2 Å². The van der Waals surface area contributed by atoms with Gasteiger partial charge in [0.05, 0.1) is 25.4 Å². The molecule has 2 aliphatic heterocycles. The number of ether oxygens (including phenoxy) is 4. The Kier molecular flexibility index (Phi) is 9.85. The van der Waals surface area contributed by atoms with Crippen LogP contribution in [0, 0.1) is 0 Å². The SMILES string of the molecule is COCOc1ccc2c(c1)CN(C(=O)OC(C)(C)C)C([C@H](O)CNC(=O)c1ccc(C(=O)N3CCOCC3)cc1)C2. The number of nitrogens with one attached hydrogen (secondary N) is 1. The zero-order chi connectivity index (χ0) is 29.6. The van der Waals surface area contributed by atoms with E-state index in [9.17, 15) is 19.5 Å². The summed E-state index contributed by atoms with van der Waals surface area (Å²) < 4.78 is 21.5. The van der Waals surface area contributed by atoms with E-state index in [-0.39, 0.29) is 25.8 Å². The molecular formula is C30H39N3O8. The van der Waals surface area contributed by atoms with Crippen LogP contribution in [0.1, 0.15) is 52.6 Å². The fourth-order valence-electron chi connectivity index (χ4n) is 4.81. The first-order chi connectivity index (χ1) is 19.6. The number of methoxy groups -OCH3 is 1. The Morgan fingerprint density at radius 1 is 1.05 bits per heavy atom. The average Bonchev–Trinajstić information content (AvgIpc) is 2.97. The van der Waals surface area contributed by atoms with Crippen molar-refractivity contribution in [2.24, 2.45) is 0 Å². The van der Waals surface area contributed by atoms with Crippen molar-refractivity contribution in [1.29, 1.82) is 0 Å². The number of benzene rings is 2. The van der Waals surface area contributed by atoms with Crippen LogP contribution >= 0.6 is 0 Å². The normalized spacial score (nSPS) is 17.8. The molecule has 41 heavy (non-hydrogen) atoms. The van der Waals surface area contributed by atoms with Crippen molar-refractivity contribution in [2.75, 3.05) is 46.8 Å². The number of aliphatic hydroxyl groups is 1. The van der Waals surface area contributed by atoms with Crippen molar-refractivity contribution in [1.82, 2.24) is 15.1 Å². The summed E-state index contributed by atoms with van der Waals surface area (Å²) in [6.07, 6.45) is -1.25. The number of hydrogen-bond donors (Lipinski definition) is 2. The maximum Gasteiger partial charge on any atom is 0.410 e. The first-order valence-electron chi connectivity index (χ1n) is 13.7. The van der Waals surface area contributed by atoms with Gasteiger partial charge in [0.2, 0.25) is 0 Å². The van der Waals surface area contributed by atoms with Gasteiger partial charge in [-0.15, -0.1) is 0 Å². The lowest BCUT2D eigenvalue weighted by molar-refractivity contribution is -0.0114. The molecule has 1 saturated heterocycles. The molecule has 0 bridgehead atoms. The van der Waals surface area contributed by atoms with E-state index >= 15 is 0 Å². The van der Waals surface area contributed by atoms with Gasteiger partial charge < -0.3 is 34.3 Å².